The molecule has 0 saturated heterocycles. The highest BCUT2D eigenvalue weighted by Gasteiger charge is 2.20. The van der Waals surface area contributed by atoms with E-state index in [1.54, 1.807) is 0 Å². The van der Waals surface area contributed by atoms with E-state index in [1.807, 2.05) is 20.8 Å². The molecule has 98 valence electrons. The van der Waals surface area contributed by atoms with Gasteiger partial charge in [0.2, 0.25) is 0 Å². The van der Waals surface area contributed by atoms with E-state index >= 15 is 0 Å². The van der Waals surface area contributed by atoms with Crippen molar-refractivity contribution >= 4 is 23.4 Å². The van der Waals surface area contributed by atoms with Gasteiger partial charge in [-0.05, 0) is 18.1 Å². The van der Waals surface area contributed by atoms with Crippen LogP contribution in [0.4, 0.5) is 5.69 Å². The van der Waals surface area contributed by atoms with Gasteiger partial charge in [0.1, 0.15) is 0 Å². The van der Waals surface area contributed by atoms with Crippen molar-refractivity contribution in [1.82, 2.24) is 0 Å². The Hall–Kier alpha value is -1.56. The van der Waals surface area contributed by atoms with Crippen LogP contribution in [0.15, 0.2) is 23.1 Å². The van der Waals surface area contributed by atoms with Crippen LogP contribution in [0.3, 0.4) is 0 Å². The Bertz CT molecular complexity index is 473. The Labute approximate surface area is 109 Å². The Kier molecular flexibility index (Phi) is 4.72. The van der Waals surface area contributed by atoms with Gasteiger partial charge in [-0.3, -0.25) is 10.1 Å². The first-order valence-corrected chi connectivity index (χ1v) is 6.39. The summed E-state index contributed by atoms with van der Waals surface area (Å²) in [6, 6.07) is 3.87. The summed E-state index contributed by atoms with van der Waals surface area (Å²) < 4.78 is 0. The summed E-state index contributed by atoms with van der Waals surface area (Å²) in [5.74, 6) is -0.730. The van der Waals surface area contributed by atoms with Gasteiger partial charge in [-0.2, -0.15) is 0 Å². The number of nitrogens with zero attached hydrogens (tertiary/aromatic N) is 1. The number of carboxylic acid groups (broad SMARTS) is 1. The second-order valence-electron chi connectivity index (χ2n) is 4.31. The number of thioether (sulfide) groups is 1. The molecule has 1 unspecified atom stereocenters. The molecule has 0 heterocycles. The molecule has 0 aliphatic rings. The predicted octanol–water partition coefficient (Wildman–Crippen LogP) is 3.43. The number of nitro benzene ring substituents is 1. The van der Waals surface area contributed by atoms with Gasteiger partial charge >= 0.3 is 5.97 Å². The molecule has 1 aromatic carbocycles. The average molecular weight is 269 g/mol. The second kappa shape index (κ2) is 5.86. The summed E-state index contributed by atoms with van der Waals surface area (Å²) in [6.45, 7) is 6.00. The van der Waals surface area contributed by atoms with E-state index in [0.717, 1.165) is 0 Å². The van der Waals surface area contributed by atoms with Crippen molar-refractivity contribution in [3.63, 3.8) is 0 Å². The average Bonchev–Trinajstić information content (AvgIpc) is 2.28. The molecule has 0 aliphatic carbocycles. The van der Waals surface area contributed by atoms with Crippen LogP contribution in [-0.2, 0) is 0 Å². The second-order valence-corrected chi connectivity index (χ2v) is 5.73. The molecule has 0 spiro atoms. The SMILES string of the molecule is CC(C)C(C)Sc1cc(C(=O)O)ccc1[N+](=O)[O-]. The lowest BCUT2D eigenvalue weighted by molar-refractivity contribution is -0.387. The maximum Gasteiger partial charge on any atom is 0.335 e. The van der Waals surface area contributed by atoms with Crippen LogP contribution in [0.1, 0.15) is 31.1 Å². The zero-order valence-electron chi connectivity index (χ0n) is 10.4. The van der Waals surface area contributed by atoms with E-state index in [1.165, 1.54) is 30.0 Å². The van der Waals surface area contributed by atoms with Crippen molar-refractivity contribution in [3.05, 3.63) is 33.9 Å². The fraction of sp³-hybridized carbons (Fsp3) is 0.417. The molecule has 18 heavy (non-hydrogen) atoms. The zero-order valence-corrected chi connectivity index (χ0v) is 11.2. The summed E-state index contributed by atoms with van der Waals surface area (Å²) in [5, 5.41) is 20.0. The molecule has 0 amide bonds. The molecule has 0 aromatic heterocycles. The van der Waals surface area contributed by atoms with Crippen molar-refractivity contribution in [2.45, 2.75) is 30.9 Å². The molecule has 1 rings (SSSR count). The lowest BCUT2D eigenvalue weighted by Crippen LogP contribution is -2.07. The number of aromatic carboxylic acids is 1. The summed E-state index contributed by atoms with van der Waals surface area (Å²) in [5.41, 5.74) is 0.0246. The summed E-state index contributed by atoms with van der Waals surface area (Å²) >= 11 is 1.33. The highest BCUT2D eigenvalue weighted by molar-refractivity contribution is 8.00. The van der Waals surface area contributed by atoms with E-state index in [-0.39, 0.29) is 16.5 Å². The normalized spacial score (nSPS) is 12.4. The van der Waals surface area contributed by atoms with Gasteiger partial charge in [0.25, 0.3) is 5.69 Å². The molecule has 5 nitrogen and oxygen atoms in total. The molecule has 0 saturated carbocycles. The molecule has 1 N–H and O–H groups in total. The van der Waals surface area contributed by atoms with Gasteiger partial charge in [-0.1, -0.05) is 20.8 Å². The maximum absolute atomic E-state index is 10.9. The van der Waals surface area contributed by atoms with Gasteiger partial charge in [0, 0.05) is 11.3 Å². The van der Waals surface area contributed by atoms with Crippen LogP contribution < -0.4 is 0 Å². The van der Waals surface area contributed by atoms with Gasteiger partial charge in [-0.25, -0.2) is 4.79 Å². The van der Waals surface area contributed by atoms with Crippen LogP contribution in [0.25, 0.3) is 0 Å². The molecular formula is C12H15NO4S. The number of hydrogen-bond acceptors (Lipinski definition) is 4. The van der Waals surface area contributed by atoms with Gasteiger partial charge < -0.3 is 5.11 Å². The van der Waals surface area contributed by atoms with Crippen molar-refractivity contribution < 1.29 is 14.8 Å². The summed E-state index contributed by atoms with van der Waals surface area (Å²) in [4.78, 5) is 21.7. The monoisotopic (exact) mass is 269 g/mol. The number of nitro groups is 1. The first-order chi connectivity index (χ1) is 8.32. The molecule has 0 aliphatic heterocycles. The number of hydrogen-bond donors (Lipinski definition) is 1. The van der Waals surface area contributed by atoms with Crippen molar-refractivity contribution in [3.8, 4) is 0 Å². The topological polar surface area (TPSA) is 80.4 Å². The Morgan fingerprint density at radius 2 is 2.00 bits per heavy atom. The number of carbonyl (C=O) groups is 1. The third-order valence-electron chi connectivity index (χ3n) is 2.66. The molecule has 1 atom stereocenters. The highest BCUT2D eigenvalue weighted by Crippen LogP contribution is 2.35. The molecule has 0 radical (unpaired) electrons. The predicted molar refractivity (Wildman–Crippen MR) is 70.2 cm³/mol. The molecular weight excluding hydrogens is 254 g/mol. The van der Waals surface area contributed by atoms with Crippen molar-refractivity contribution in [1.29, 1.82) is 0 Å². The fourth-order valence-electron chi connectivity index (χ4n) is 1.23. The minimum atomic E-state index is -1.08. The summed E-state index contributed by atoms with van der Waals surface area (Å²) in [7, 11) is 0. The third-order valence-corrected chi connectivity index (χ3v) is 4.15. The summed E-state index contributed by atoms with van der Waals surface area (Å²) in [6.07, 6.45) is 0. The standard InChI is InChI=1S/C12H15NO4S/c1-7(2)8(3)18-11-6-9(12(14)15)4-5-10(11)13(16)17/h4-8H,1-3H3,(H,14,15). The molecule has 0 bridgehead atoms. The Morgan fingerprint density at radius 1 is 1.39 bits per heavy atom. The van der Waals surface area contributed by atoms with Gasteiger partial charge in [0.05, 0.1) is 15.4 Å². The third kappa shape index (κ3) is 3.46. The lowest BCUT2D eigenvalue weighted by atomic mass is 10.2. The van der Waals surface area contributed by atoms with Crippen LogP contribution in [0.2, 0.25) is 0 Å². The zero-order chi connectivity index (χ0) is 13.9. The maximum atomic E-state index is 10.9. The number of carboxylic acids is 1. The first kappa shape index (κ1) is 14.5. The van der Waals surface area contributed by atoms with E-state index in [4.69, 9.17) is 5.11 Å². The van der Waals surface area contributed by atoms with Gasteiger partial charge in [-0.15, -0.1) is 11.8 Å². The van der Waals surface area contributed by atoms with E-state index < -0.39 is 10.9 Å². The van der Waals surface area contributed by atoms with Crippen LogP contribution in [0, 0.1) is 16.0 Å². The number of rotatable bonds is 5. The van der Waals surface area contributed by atoms with Crippen LogP contribution >= 0.6 is 11.8 Å². The minimum absolute atomic E-state index is 0.0440. The highest BCUT2D eigenvalue weighted by atomic mass is 32.2. The van der Waals surface area contributed by atoms with Crippen molar-refractivity contribution in [2.75, 3.05) is 0 Å². The van der Waals surface area contributed by atoms with Crippen LogP contribution in [0.5, 0.6) is 0 Å². The molecule has 6 heteroatoms. The van der Waals surface area contributed by atoms with Crippen LogP contribution in [-0.4, -0.2) is 21.2 Å². The fourth-order valence-corrected chi connectivity index (χ4v) is 2.36. The Morgan fingerprint density at radius 3 is 2.44 bits per heavy atom. The molecule has 1 aromatic rings. The lowest BCUT2D eigenvalue weighted by Gasteiger charge is -2.15. The first-order valence-electron chi connectivity index (χ1n) is 5.51. The van der Waals surface area contributed by atoms with Crippen molar-refractivity contribution in [2.24, 2.45) is 5.92 Å². The van der Waals surface area contributed by atoms with Gasteiger partial charge in [0.15, 0.2) is 0 Å². The largest absolute Gasteiger partial charge is 0.478 e. The molecule has 0 fully saturated rings. The minimum Gasteiger partial charge on any atom is -0.478 e. The number of benzene rings is 1. The van der Waals surface area contributed by atoms with E-state index in [9.17, 15) is 14.9 Å². The smallest absolute Gasteiger partial charge is 0.335 e. The Balaban J connectivity index is 3.15. The van der Waals surface area contributed by atoms with E-state index in [0.29, 0.717) is 10.8 Å². The quantitative estimate of drug-likeness (QED) is 0.503. The van der Waals surface area contributed by atoms with E-state index in [2.05, 4.69) is 0 Å².